The Morgan fingerprint density at radius 1 is 0.829 bits per heavy atom. The van der Waals surface area contributed by atoms with Crippen molar-refractivity contribution in [1.29, 1.82) is 0 Å². The van der Waals surface area contributed by atoms with E-state index >= 15 is 0 Å². The lowest BCUT2D eigenvalue weighted by Gasteiger charge is -2.14. The molecule has 0 aliphatic rings. The molecule has 0 unspecified atom stereocenters. The van der Waals surface area contributed by atoms with E-state index in [1.807, 2.05) is 30.3 Å². The molecule has 0 N–H and O–H groups in total. The number of benzene rings is 4. The maximum atomic E-state index is 13.8. The van der Waals surface area contributed by atoms with E-state index in [-0.39, 0.29) is 9.92 Å². The molecule has 5 aromatic rings. The Bertz CT molecular complexity index is 1630. The maximum Gasteiger partial charge on any atom is 0.268 e. The minimum atomic E-state index is -4.01. The summed E-state index contributed by atoms with van der Waals surface area (Å²) < 4.78 is 34.8. The van der Waals surface area contributed by atoms with Crippen molar-refractivity contribution in [1.82, 2.24) is 3.97 Å². The van der Waals surface area contributed by atoms with E-state index in [4.69, 9.17) is 16.3 Å². The topological polar surface area (TPSA) is 65.4 Å². The fourth-order valence-electron chi connectivity index (χ4n) is 4.04. The first kappa shape index (κ1) is 22.9. The average molecular weight is 502 g/mol. The Morgan fingerprint density at radius 3 is 2.26 bits per heavy atom. The van der Waals surface area contributed by atoms with Gasteiger partial charge in [-0.15, -0.1) is 0 Å². The molecule has 0 spiro atoms. The van der Waals surface area contributed by atoms with Gasteiger partial charge in [0.15, 0.2) is 6.29 Å². The van der Waals surface area contributed by atoms with Gasteiger partial charge in [-0.2, -0.15) is 0 Å². The minimum absolute atomic E-state index is 0.128. The molecule has 7 heteroatoms. The van der Waals surface area contributed by atoms with Crippen molar-refractivity contribution in [2.45, 2.75) is 11.5 Å². The highest BCUT2D eigenvalue weighted by molar-refractivity contribution is 7.90. The molecule has 0 bridgehead atoms. The molecule has 0 saturated carbocycles. The molecule has 0 aliphatic carbocycles. The van der Waals surface area contributed by atoms with Crippen LogP contribution in [0.15, 0.2) is 108 Å². The van der Waals surface area contributed by atoms with Gasteiger partial charge in [0.05, 0.1) is 21.1 Å². The average Bonchev–Trinajstić information content (AvgIpc) is 3.27. The third-order valence-electron chi connectivity index (χ3n) is 5.69. The second-order valence-corrected chi connectivity index (χ2v) is 10.1. The Hall–Kier alpha value is -3.87. The monoisotopic (exact) mass is 501 g/mol. The van der Waals surface area contributed by atoms with Gasteiger partial charge in [0.25, 0.3) is 10.0 Å². The predicted octanol–water partition coefficient (Wildman–Crippen LogP) is 6.59. The van der Waals surface area contributed by atoms with E-state index in [9.17, 15) is 13.2 Å². The fourth-order valence-corrected chi connectivity index (χ4v) is 5.86. The van der Waals surface area contributed by atoms with Crippen LogP contribution in [0, 0.1) is 0 Å². The molecule has 1 aromatic heterocycles. The van der Waals surface area contributed by atoms with Crippen molar-refractivity contribution in [2.24, 2.45) is 0 Å². The van der Waals surface area contributed by atoms with Crippen LogP contribution in [0.5, 0.6) is 5.75 Å². The van der Waals surface area contributed by atoms with Crippen molar-refractivity contribution >= 4 is 38.8 Å². The minimum Gasteiger partial charge on any atom is -0.489 e. The van der Waals surface area contributed by atoms with Crippen molar-refractivity contribution in [3.63, 3.8) is 0 Å². The lowest BCUT2D eigenvalue weighted by Crippen LogP contribution is -2.14. The molecule has 4 aromatic carbocycles. The molecule has 0 aliphatic heterocycles. The first-order chi connectivity index (χ1) is 17.0. The molecule has 0 saturated heterocycles. The van der Waals surface area contributed by atoms with E-state index in [0.29, 0.717) is 46.4 Å². The Labute approximate surface area is 208 Å². The number of hydrogen-bond donors (Lipinski definition) is 0. The van der Waals surface area contributed by atoms with Gasteiger partial charge < -0.3 is 4.74 Å². The van der Waals surface area contributed by atoms with Crippen LogP contribution in [0.3, 0.4) is 0 Å². The second kappa shape index (κ2) is 9.41. The lowest BCUT2D eigenvalue weighted by atomic mass is 10.1. The first-order valence-corrected chi connectivity index (χ1v) is 12.7. The normalized spacial score (nSPS) is 11.5. The van der Waals surface area contributed by atoms with Gasteiger partial charge >= 0.3 is 0 Å². The van der Waals surface area contributed by atoms with E-state index < -0.39 is 10.0 Å². The third-order valence-corrected chi connectivity index (χ3v) is 7.74. The van der Waals surface area contributed by atoms with Crippen molar-refractivity contribution in [3.05, 3.63) is 119 Å². The summed E-state index contributed by atoms with van der Waals surface area (Å²) >= 11 is 6.50. The molecule has 5 nitrogen and oxygen atoms in total. The highest BCUT2D eigenvalue weighted by Crippen LogP contribution is 2.38. The van der Waals surface area contributed by atoms with Crippen LogP contribution in [-0.4, -0.2) is 18.7 Å². The number of hydrogen-bond acceptors (Lipinski definition) is 4. The number of ether oxygens (including phenoxy) is 1. The number of carbonyl (C=O) groups excluding carboxylic acids is 1. The number of halogens is 1. The van der Waals surface area contributed by atoms with Crippen LogP contribution in [0.1, 0.15) is 15.9 Å². The van der Waals surface area contributed by atoms with Crippen LogP contribution in [-0.2, 0) is 16.6 Å². The number of carbonyl (C=O) groups is 1. The number of rotatable bonds is 7. The fraction of sp³-hybridized carbons (Fsp3) is 0.0357. The zero-order valence-corrected chi connectivity index (χ0v) is 20.0. The van der Waals surface area contributed by atoms with Crippen LogP contribution < -0.4 is 4.74 Å². The molecular weight excluding hydrogens is 482 g/mol. The van der Waals surface area contributed by atoms with E-state index in [1.54, 1.807) is 60.7 Å². The maximum absolute atomic E-state index is 13.8. The third kappa shape index (κ3) is 4.34. The molecule has 1 heterocycles. The SMILES string of the molecule is O=Cc1cccc(Cl)c1-c1cc2cc(OCc3ccccc3)ccc2n1S(=O)(=O)c1ccccc1. The van der Waals surface area contributed by atoms with E-state index in [1.165, 1.54) is 16.1 Å². The lowest BCUT2D eigenvalue weighted by molar-refractivity contribution is 0.112. The highest BCUT2D eigenvalue weighted by atomic mass is 35.5. The molecular formula is C28H20ClNO4S. The molecule has 0 atom stereocenters. The summed E-state index contributed by atoms with van der Waals surface area (Å²) in [6.45, 7) is 0.377. The molecule has 0 amide bonds. The van der Waals surface area contributed by atoms with Crippen LogP contribution in [0.25, 0.3) is 22.2 Å². The van der Waals surface area contributed by atoms with Gasteiger partial charge in [0.1, 0.15) is 12.4 Å². The zero-order valence-electron chi connectivity index (χ0n) is 18.5. The van der Waals surface area contributed by atoms with Crippen LogP contribution in [0.2, 0.25) is 5.02 Å². The molecule has 5 rings (SSSR count). The zero-order chi connectivity index (χ0) is 24.4. The Kier molecular flexibility index (Phi) is 6.16. The summed E-state index contributed by atoms with van der Waals surface area (Å²) in [6, 6.07) is 29.8. The summed E-state index contributed by atoms with van der Waals surface area (Å²) in [6.07, 6.45) is 0.673. The van der Waals surface area contributed by atoms with Gasteiger partial charge in [0.2, 0.25) is 0 Å². The smallest absolute Gasteiger partial charge is 0.268 e. The summed E-state index contributed by atoms with van der Waals surface area (Å²) in [5.41, 5.74) is 2.42. The number of aromatic nitrogens is 1. The van der Waals surface area contributed by atoms with Crippen molar-refractivity contribution in [3.8, 4) is 17.0 Å². The number of nitrogens with zero attached hydrogens (tertiary/aromatic N) is 1. The van der Waals surface area contributed by atoms with Gasteiger partial charge in [-0.25, -0.2) is 12.4 Å². The molecule has 35 heavy (non-hydrogen) atoms. The van der Waals surface area contributed by atoms with Gasteiger partial charge in [0, 0.05) is 16.5 Å². The standard InChI is InChI=1S/C28H20ClNO4S/c29-25-13-7-10-21(18-31)28(25)27-17-22-16-23(34-19-20-8-3-1-4-9-20)14-15-26(22)30(27)35(32,33)24-11-5-2-6-12-24/h1-18H,19H2. The largest absolute Gasteiger partial charge is 0.489 e. The quantitative estimate of drug-likeness (QED) is 0.236. The molecule has 0 fully saturated rings. The molecule has 0 radical (unpaired) electrons. The Balaban J connectivity index is 1.70. The number of fused-ring (bicyclic) bond motifs is 1. The van der Waals surface area contributed by atoms with E-state index in [2.05, 4.69) is 0 Å². The van der Waals surface area contributed by atoms with Crippen LogP contribution >= 0.6 is 11.6 Å². The second-order valence-electron chi connectivity index (χ2n) is 7.93. The van der Waals surface area contributed by atoms with Gasteiger partial charge in [-0.1, -0.05) is 72.3 Å². The van der Waals surface area contributed by atoms with Crippen molar-refractivity contribution < 1.29 is 17.9 Å². The summed E-state index contributed by atoms with van der Waals surface area (Å²) in [7, 11) is -4.01. The van der Waals surface area contributed by atoms with Gasteiger partial charge in [-0.3, -0.25) is 4.79 Å². The Morgan fingerprint density at radius 2 is 1.54 bits per heavy atom. The summed E-state index contributed by atoms with van der Waals surface area (Å²) in [5, 5.41) is 0.921. The van der Waals surface area contributed by atoms with Gasteiger partial charge in [-0.05, 0) is 48.0 Å². The van der Waals surface area contributed by atoms with Crippen LogP contribution in [0.4, 0.5) is 0 Å². The highest BCUT2D eigenvalue weighted by Gasteiger charge is 2.26. The summed E-state index contributed by atoms with van der Waals surface area (Å²) in [4.78, 5) is 12.0. The molecule has 174 valence electrons. The number of aldehydes is 1. The summed E-state index contributed by atoms with van der Waals surface area (Å²) in [5.74, 6) is 0.594. The van der Waals surface area contributed by atoms with E-state index in [0.717, 1.165) is 5.56 Å². The first-order valence-electron chi connectivity index (χ1n) is 10.9. The predicted molar refractivity (Wildman–Crippen MR) is 138 cm³/mol. The van der Waals surface area contributed by atoms with Crippen molar-refractivity contribution in [2.75, 3.05) is 0 Å².